The van der Waals surface area contributed by atoms with Crippen LogP contribution in [-0.4, -0.2) is 20.7 Å². The second-order valence-corrected chi connectivity index (χ2v) is 8.37. The molecule has 1 atom stereocenters. The topological polar surface area (TPSA) is 46.9 Å². The fourth-order valence-electron chi connectivity index (χ4n) is 2.12. The van der Waals surface area contributed by atoms with E-state index in [1.165, 1.54) is 11.8 Å². The number of imidazole rings is 1. The first-order valence-electron chi connectivity index (χ1n) is 7.39. The van der Waals surface area contributed by atoms with Gasteiger partial charge < -0.3 is 5.32 Å². The molecule has 3 rings (SSSR count). The highest BCUT2D eigenvalue weighted by Gasteiger charge is 2.17. The van der Waals surface area contributed by atoms with Gasteiger partial charge in [-0.25, -0.2) is 4.98 Å². The average Bonchev–Trinajstić information content (AvgIpc) is 3.25. The second kappa shape index (κ2) is 8.00. The van der Waals surface area contributed by atoms with Crippen LogP contribution in [0, 0.1) is 0 Å². The minimum absolute atomic E-state index is 0.0127. The zero-order chi connectivity index (χ0) is 16.9. The van der Waals surface area contributed by atoms with Gasteiger partial charge in [-0.15, -0.1) is 11.3 Å². The number of nitrogens with one attached hydrogen (secondary N) is 1. The van der Waals surface area contributed by atoms with Crippen LogP contribution in [0.25, 0.3) is 5.69 Å². The van der Waals surface area contributed by atoms with Gasteiger partial charge in [-0.1, -0.05) is 33.8 Å². The van der Waals surface area contributed by atoms with Crippen LogP contribution in [0.15, 0.2) is 63.8 Å². The lowest BCUT2D eigenvalue weighted by Crippen LogP contribution is -2.30. The predicted molar refractivity (Wildman–Crippen MR) is 103 cm³/mol. The number of benzene rings is 1. The Morgan fingerprint density at radius 1 is 1.38 bits per heavy atom. The molecule has 1 N–H and O–H groups in total. The van der Waals surface area contributed by atoms with E-state index in [1.54, 1.807) is 17.5 Å². The van der Waals surface area contributed by atoms with Crippen molar-refractivity contribution in [2.45, 2.75) is 23.9 Å². The molecule has 2 heterocycles. The van der Waals surface area contributed by atoms with Crippen LogP contribution < -0.4 is 5.32 Å². The van der Waals surface area contributed by atoms with Gasteiger partial charge in [-0.05, 0) is 42.6 Å². The molecule has 0 saturated heterocycles. The lowest BCUT2D eigenvalue weighted by atomic mass is 10.3. The number of rotatable bonds is 6. The zero-order valence-corrected chi connectivity index (χ0v) is 16.2. The van der Waals surface area contributed by atoms with Gasteiger partial charge in [0.05, 0.1) is 11.8 Å². The first-order valence-corrected chi connectivity index (χ1v) is 9.95. The maximum atomic E-state index is 12.3. The third kappa shape index (κ3) is 4.28. The molecule has 0 aliphatic rings. The summed E-state index contributed by atoms with van der Waals surface area (Å²) in [4.78, 5) is 17.8. The Morgan fingerprint density at radius 2 is 2.17 bits per heavy atom. The summed E-state index contributed by atoms with van der Waals surface area (Å²) in [5.41, 5.74) is 1.02. The lowest BCUT2D eigenvalue weighted by Gasteiger charge is -2.13. The van der Waals surface area contributed by atoms with E-state index in [9.17, 15) is 4.79 Å². The van der Waals surface area contributed by atoms with Gasteiger partial charge in [0, 0.05) is 27.4 Å². The highest BCUT2D eigenvalue weighted by Crippen LogP contribution is 2.25. The smallest absolute Gasteiger partial charge is 0.233 e. The number of hydrogen-bond donors (Lipinski definition) is 1. The molecule has 0 bridgehead atoms. The number of thioether (sulfide) groups is 1. The Kier molecular flexibility index (Phi) is 5.76. The Hall–Kier alpha value is -1.57. The molecule has 0 saturated carbocycles. The standard InChI is InChI=1S/C17H16BrN3OS2/c1-12(16(22)20-11-15-3-2-10-23-15)24-17-19-8-9-21(17)14-6-4-13(18)5-7-14/h2-10,12H,11H2,1H3,(H,20,22)/t12-/m0/s1. The van der Waals surface area contributed by atoms with E-state index < -0.39 is 0 Å². The summed E-state index contributed by atoms with van der Waals surface area (Å²) < 4.78 is 3.02. The van der Waals surface area contributed by atoms with Gasteiger partial charge in [-0.2, -0.15) is 0 Å². The summed E-state index contributed by atoms with van der Waals surface area (Å²) in [7, 11) is 0. The number of aromatic nitrogens is 2. The first kappa shape index (κ1) is 17.3. The van der Waals surface area contributed by atoms with Gasteiger partial charge in [0.1, 0.15) is 0 Å². The highest BCUT2D eigenvalue weighted by atomic mass is 79.9. The molecule has 1 amide bonds. The van der Waals surface area contributed by atoms with Gasteiger partial charge in [0.2, 0.25) is 5.91 Å². The van der Waals surface area contributed by atoms with Crippen molar-refractivity contribution in [2.75, 3.05) is 0 Å². The van der Waals surface area contributed by atoms with Gasteiger partial charge >= 0.3 is 0 Å². The number of thiophene rings is 1. The van der Waals surface area contributed by atoms with E-state index in [1.807, 2.05) is 59.5 Å². The summed E-state index contributed by atoms with van der Waals surface area (Å²) >= 11 is 6.53. The van der Waals surface area contributed by atoms with E-state index in [0.29, 0.717) is 6.54 Å². The molecular weight excluding hydrogens is 406 g/mol. The number of hydrogen-bond acceptors (Lipinski definition) is 4. The van der Waals surface area contributed by atoms with Crippen LogP contribution in [0.4, 0.5) is 0 Å². The molecule has 124 valence electrons. The maximum absolute atomic E-state index is 12.3. The third-order valence-corrected chi connectivity index (χ3v) is 5.87. The van der Waals surface area contributed by atoms with Crippen LogP contribution in [0.3, 0.4) is 0 Å². The Balaban J connectivity index is 1.64. The molecule has 2 aromatic heterocycles. The minimum Gasteiger partial charge on any atom is -0.350 e. The third-order valence-electron chi connectivity index (χ3n) is 3.38. The van der Waals surface area contributed by atoms with Crippen LogP contribution in [-0.2, 0) is 11.3 Å². The minimum atomic E-state index is -0.221. The van der Waals surface area contributed by atoms with Crippen molar-refractivity contribution < 1.29 is 4.79 Å². The van der Waals surface area contributed by atoms with E-state index in [0.717, 1.165) is 20.2 Å². The maximum Gasteiger partial charge on any atom is 0.233 e. The zero-order valence-electron chi connectivity index (χ0n) is 13.0. The molecule has 3 aromatic rings. The predicted octanol–water partition coefficient (Wildman–Crippen LogP) is 4.49. The molecule has 0 fully saturated rings. The number of carbonyl (C=O) groups is 1. The highest BCUT2D eigenvalue weighted by molar-refractivity contribution is 9.10. The van der Waals surface area contributed by atoms with Crippen molar-refractivity contribution in [1.29, 1.82) is 0 Å². The van der Waals surface area contributed by atoms with Crippen molar-refractivity contribution in [1.82, 2.24) is 14.9 Å². The van der Waals surface area contributed by atoms with Crippen molar-refractivity contribution in [2.24, 2.45) is 0 Å². The van der Waals surface area contributed by atoms with Crippen LogP contribution in [0.2, 0.25) is 0 Å². The summed E-state index contributed by atoms with van der Waals surface area (Å²) in [6, 6.07) is 12.0. The molecule has 0 aliphatic carbocycles. The molecule has 0 spiro atoms. The molecule has 7 heteroatoms. The monoisotopic (exact) mass is 421 g/mol. The van der Waals surface area contributed by atoms with E-state index >= 15 is 0 Å². The Labute approximate surface area is 157 Å². The van der Waals surface area contributed by atoms with Gasteiger partial charge in [0.25, 0.3) is 0 Å². The van der Waals surface area contributed by atoms with E-state index in [2.05, 4.69) is 26.2 Å². The quantitative estimate of drug-likeness (QED) is 0.596. The average molecular weight is 422 g/mol. The van der Waals surface area contributed by atoms with Crippen LogP contribution >= 0.6 is 39.0 Å². The normalized spacial score (nSPS) is 12.1. The fourth-order valence-corrected chi connectivity index (χ4v) is 3.93. The lowest BCUT2D eigenvalue weighted by molar-refractivity contribution is -0.120. The second-order valence-electron chi connectivity index (χ2n) is 5.11. The Morgan fingerprint density at radius 3 is 2.88 bits per heavy atom. The van der Waals surface area contributed by atoms with Crippen molar-refractivity contribution >= 4 is 44.9 Å². The molecule has 4 nitrogen and oxygen atoms in total. The SMILES string of the molecule is C[C@H](Sc1nccn1-c1ccc(Br)cc1)C(=O)NCc1cccs1. The van der Waals surface area contributed by atoms with Crippen molar-refractivity contribution in [3.05, 3.63) is 63.5 Å². The molecule has 1 aromatic carbocycles. The number of nitrogens with zero attached hydrogens (tertiary/aromatic N) is 2. The summed E-state index contributed by atoms with van der Waals surface area (Å²) in [5, 5.41) is 5.56. The van der Waals surface area contributed by atoms with Crippen molar-refractivity contribution in [3.63, 3.8) is 0 Å². The summed E-state index contributed by atoms with van der Waals surface area (Å²) in [5.74, 6) is 0.0127. The Bertz CT molecular complexity index is 800. The van der Waals surface area contributed by atoms with Gasteiger partial charge in [0.15, 0.2) is 5.16 Å². The number of halogens is 1. The van der Waals surface area contributed by atoms with Gasteiger partial charge in [-0.3, -0.25) is 9.36 Å². The van der Waals surface area contributed by atoms with E-state index in [-0.39, 0.29) is 11.2 Å². The fraction of sp³-hybridized carbons (Fsp3) is 0.176. The first-order chi connectivity index (χ1) is 11.6. The number of carbonyl (C=O) groups excluding carboxylic acids is 1. The summed E-state index contributed by atoms with van der Waals surface area (Å²) in [6.07, 6.45) is 3.66. The summed E-state index contributed by atoms with van der Waals surface area (Å²) in [6.45, 7) is 2.47. The molecule has 24 heavy (non-hydrogen) atoms. The molecule has 0 unspecified atom stereocenters. The van der Waals surface area contributed by atoms with Crippen LogP contribution in [0.5, 0.6) is 0 Å². The molecule has 0 aliphatic heterocycles. The largest absolute Gasteiger partial charge is 0.350 e. The molecular formula is C17H16BrN3OS2. The van der Waals surface area contributed by atoms with Crippen LogP contribution in [0.1, 0.15) is 11.8 Å². The van der Waals surface area contributed by atoms with Crippen molar-refractivity contribution in [3.8, 4) is 5.69 Å². The molecule has 0 radical (unpaired) electrons. The number of amides is 1. The van der Waals surface area contributed by atoms with E-state index in [4.69, 9.17) is 0 Å².